The van der Waals surface area contributed by atoms with Crippen LogP contribution >= 0.6 is 35.0 Å². The van der Waals surface area contributed by atoms with E-state index in [0.29, 0.717) is 11.8 Å². The average molecular weight is 503 g/mol. The van der Waals surface area contributed by atoms with E-state index in [-0.39, 0.29) is 0 Å². The van der Waals surface area contributed by atoms with Crippen LogP contribution in [0.5, 0.6) is 0 Å². The maximum Gasteiger partial charge on any atom is 0.114 e. The molecule has 0 amide bonds. The highest BCUT2D eigenvalue weighted by Gasteiger charge is 2.26. The first-order valence-corrected chi connectivity index (χ1v) is 13.8. The second-order valence-electron chi connectivity index (χ2n) is 9.10. The predicted octanol–water partition coefficient (Wildman–Crippen LogP) is 4.71. The van der Waals surface area contributed by atoms with Crippen LogP contribution in [0.1, 0.15) is 19.5 Å². The maximum atomic E-state index is 10.6. The Morgan fingerprint density at radius 1 is 1.27 bits per heavy atom. The Kier molecular flexibility index (Phi) is 7.06. The fourth-order valence-electron chi connectivity index (χ4n) is 4.14. The van der Waals surface area contributed by atoms with Crippen molar-refractivity contribution < 1.29 is 9.84 Å². The number of fused-ring (bicyclic) bond motifs is 1. The third-order valence-electron chi connectivity index (χ3n) is 5.64. The first-order valence-electron chi connectivity index (χ1n) is 11.3. The molecule has 176 valence electrons. The Labute approximate surface area is 207 Å². The molecule has 1 atom stereocenters. The van der Waals surface area contributed by atoms with Gasteiger partial charge in [-0.2, -0.15) is 0 Å². The Morgan fingerprint density at radius 3 is 2.88 bits per heavy atom. The summed E-state index contributed by atoms with van der Waals surface area (Å²) in [6.07, 6.45) is 0. The number of aliphatic hydroxyl groups is 1. The molecule has 0 saturated carbocycles. The van der Waals surface area contributed by atoms with Crippen LogP contribution in [0.3, 0.4) is 0 Å². The number of hydrogen-bond acceptors (Lipinski definition) is 8. The van der Waals surface area contributed by atoms with Crippen molar-refractivity contribution in [2.24, 2.45) is 4.99 Å². The molecule has 4 heterocycles. The summed E-state index contributed by atoms with van der Waals surface area (Å²) in [5.74, 6) is 0. The van der Waals surface area contributed by atoms with Crippen molar-refractivity contribution in [3.05, 3.63) is 47.5 Å². The Balaban J connectivity index is 1.37. The number of H-pyrrole nitrogens is 1. The highest BCUT2D eigenvalue weighted by atomic mass is 32.2. The van der Waals surface area contributed by atoms with E-state index in [1.54, 1.807) is 23.3 Å². The lowest BCUT2D eigenvalue weighted by molar-refractivity contribution is 0.0385. The molecule has 0 aliphatic carbocycles. The summed E-state index contributed by atoms with van der Waals surface area (Å²) in [6.45, 7) is 9.84. The summed E-state index contributed by atoms with van der Waals surface area (Å²) in [7, 11) is 0. The minimum atomic E-state index is -0.819. The molecule has 5 rings (SSSR count). The van der Waals surface area contributed by atoms with Crippen molar-refractivity contribution in [1.82, 2.24) is 9.88 Å². The second kappa shape index (κ2) is 10.0. The largest absolute Gasteiger partial charge is 0.389 e. The van der Waals surface area contributed by atoms with Crippen molar-refractivity contribution >= 4 is 56.7 Å². The summed E-state index contributed by atoms with van der Waals surface area (Å²) < 4.78 is 8.87. The van der Waals surface area contributed by atoms with Gasteiger partial charge in [0.25, 0.3) is 0 Å². The number of benzene rings is 1. The fraction of sp³-hybridized carbons (Fsp3) is 0.458. The van der Waals surface area contributed by atoms with Gasteiger partial charge in [-0.25, -0.2) is 0 Å². The van der Waals surface area contributed by atoms with Crippen LogP contribution in [0.25, 0.3) is 10.9 Å². The summed E-state index contributed by atoms with van der Waals surface area (Å²) >= 11 is 5.26. The summed E-state index contributed by atoms with van der Waals surface area (Å²) in [6, 6.07) is 12.7. The van der Waals surface area contributed by atoms with Crippen molar-refractivity contribution in [1.29, 1.82) is 0 Å². The fourth-order valence-corrected chi connectivity index (χ4v) is 7.32. The topological polar surface area (TPSA) is 64.1 Å². The van der Waals surface area contributed by atoms with E-state index >= 15 is 0 Å². The third-order valence-corrected chi connectivity index (χ3v) is 8.88. The van der Waals surface area contributed by atoms with Gasteiger partial charge < -0.3 is 19.1 Å². The Hall–Kier alpha value is -1.49. The second-order valence-corrected chi connectivity index (χ2v) is 12.7. The van der Waals surface area contributed by atoms with Gasteiger partial charge in [0.15, 0.2) is 0 Å². The molecule has 33 heavy (non-hydrogen) atoms. The van der Waals surface area contributed by atoms with Gasteiger partial charge in [-0.15, -0.1) is 11.3 Å². The molecule has 9 heteroatoms. The zero-order valence-corrected chi connectivity index (χ0v) is 21.4. The molecule has 2 N–H and O–H groups in total. The number of rotatable bonds is 8. The van der Waals surface area contributed by atoms with Crippen LogP contribution < -0.4 is 4.31 Å². The number of nitrogens with one attached hydrogen (secondary N) is 1. The molecule has 0 radical (unpaired) electrons. The SMILES string of the molecule is CC(C)(O)CN(Sc1cccs1)c1cccc2cc(C3=NCC(CN4CCOCC4)S3)[nH]c12. The first-order chi connectivity index (χ1) is 15.9. The van der Waals surface area contributed by atoms with Gasteiger partial charge in [0.2, 0.25) is 0 Å². The number of ether oxygens (including phenoxy) is 1. The number of morpholine rings is 1. The summed E-state index contributed by atoms with van der Waals surface area (Å²) in [4.78, 5) is 11.0. The lowest BCUT2D eigenvalue weighted by atomic mass is 10.1. The van der Waals surface area contributed by atoms with Crippen molar-refractivity contribution in [2.45, 2.75) is 28.9 Å². The number of aromatic amines is 1. The number of aliphatic imine (C=N–C) groups is 1. The highest BCUT2D eigenvalue weighted by Crippen LogP contribution is 2.38. The van der Waals surface area contributed by atoms with E-state index in [2.05, 4.69) is 56.0 Å². The van der Waals surface area contributed by atoms with Crippen LogP contribution in [0.4, 0.5) is 5.69 Å². The third kappa shape index (κ3) is 5.78. The zero-order valence-electron chi connectivity index (χ0n) is 19.0. The van der Waals surface area contributed by atoms with E-state index in [4.69, 9.17) is 9.73 Å². The lowest BCUT2D eigenvalue weighted by Crippen LogP contribution is -2.40. The molecule has 3 aromatic rings. The van der Waals surface area contributed by atoms with E-state index in [0.717, 1.165) is 66.7 Å². The number of anilines is 1. The number of aromatic nitrogens is 1. The van der Waals surface area contributed by atoms with Crippen LogP contribution in [-0.2, 0) is 4.74 Å². The van der Waals surface area contributed by atoms with Gasteiger partial charge in [0.1, 0.15) is 5.04 Å². The Bertz CT molecular complexity index is 1100. The maximum absolute atomic E-state index is 10.6. The van der Waals surface area contributed by atoms with Gasteiger partial charge in [0.05, 0.1) is 53.0 Å². The number of thiophene rings is 1. The molecule has 1 aromatic carbocycles. The lowest BCUT2D eigenvalue weighted by Gasteiger charge is -2.29. The van der Waals surface area contributed by atoms with Crippen molar-refractivity contribution in [3.8, 4) is 0 Å². The quantitative estimate of drug-likeness (QED) is 0.435. The first kappa shape index (κ1) is 23.3. The minimum Gasteiger partial charge on any atom is -0.389 e. The van der Waals surface area contributed by atoms with E-state index < -0.39 is 5.60 Å². The van der Waals surface area contributed by atoms with Gasteiger partial charge in [-0.3, -0.25) is 9.89 Å². The van der Waals surface area contributed by atoms with Gasteiger partial charge in [-0.05, 0) is 49.4 Å². The molecule has 1 fully saturated rings. The normalized spacial score (nSPS) is 19.8. The number of nitrogens with zero attached hydrogens (tertiary/aromatic N) is 3. The smallest absolute Gasteiger partial charge is 0.114 e. The van der Waals surface area contributed by atoms with E-state index in [1.165, 1.54) is 4.21 Å². The molecule has 2 aromatic heterocycles. The number of para-hydroxylation sites is 1. The standard InChI is InChI=1S/C24H30N4O2S3/c1-24(2,29)16-28(33-21-7-4-12-31-21)20-6-3-5-17-13-19(26-22(17)20)23-25-14-18(32-23)15-27-8-10-30-11-9-27/h3-7,12-13,18,26,29H,8-11,14-16H2,1-2H3. The average Bonchev–Trinajstić information content (AvgIpc) is 3.53. The van der Waals surface area contributed by atoms with Crippen molar-refractivity contribution in [2.75, 3.05) is 50.2 Å². The highest BCUT2D eigenvalue weighted by molar-refractivity contribution is 8.15. The molecule has 0 spiro atoms. The number of thioether (sulfide) groups is 1. The molecule has 2 aliphatic heterocycles. The van der Waals surface area contributed by atoms with Gasteiger partial charge in [0, 0.05) is 30.3 Å². The van der Waals surface area contributed by atoms with Crippen molar-refractivity contribution in [3.63, 3.8) is 0 Å². The Morgan fingerprint density at radius 2 is 2.12 bits per heavy atom. The monoisotopic (exact) mass is 502 g/mol. The molecule has 0 bridgehead atoms. The molecule has 1 saturated heterocycles. The molecule has 1 unspecified atom stereocenters. The van der Waals surface area contributed by atoms with Gasteiger partial charge >= 0.3 is 0 Å². The molecule has 6 nitrogen and oxygen atoms in total. The van der Waals surface area contributed by atoms with Crippen LogP contribution in [-0.4, -0.2) is 76.8 Å². The number of hydrogen-bond donors (Lipinski definition) is 2. The van der Waals surface area contributed by atoms with E-state index in [1.807, 2.05) is 25.6 Å². The van der Waals surface area contributed by atoms with Crippen LogP contribution in [0.15, 0.2) is 51.0 Å². The van der Waals surface area contributed by atoms with Crippen LogP contribution in [0.2, 0.25) is 0 Å². The minimum absolute atomic E-state index is 0.491. The van der Waals surface area contributed by atoms with E-state index in [9.17, 15) is 5.11 Å². The molecular weight excluding hydrogens is 472 g/mol. The summed E-state index contributed by atoms with van der Waals surface area (Å²) in [5.41, 5.74) is 2.42. The predicted molar refractivity (Wildman–Crippen MR) is 142 cm³/mol. The molecule has 2 aliphatic rings. The zero-order chi connectivity index (χ0) is 22.8. The summed E-state index contributed by atoms with van der Waals surface area (Å²) in [5, 5.41) is 15.4. The van der Waals surface area contributed by atoms with Crippen LogP contribution in [0, 0.1) is 0 Å². The van der Waals surface area contributed by atoms with Gasteiger partial charge in [-0.1, -0.05) is 30.0 Å². The molecular formula is C24H30N4O2S3.